The zero-order valence-electron chi connectivity index (χ0n) is 16.8. The molecule has 7 heteroatoms. The summed E-state index contributed by atoms with van der Waals surface area (Å²) in [4.78, 5) is 38.2. The van der Waals surface area contributed by atoms with Crippen LogP contribution in [0.3, 0.4) is 0 Å². The van der Waals surface area contributed by atoms with Crippen molar-refractivity contribution in [3.05, 3.63) is 89.5 Å². The predicted octanol–water partition coefficient (Wildman–Crippen LogP) is 4.28. The molecule has 0 saturated carbocycles. The number of nitrogens with two attached hydrogens (primary N) is 1. The third-order valence-corrected chi connectivity index (χ3v) is 4.99. The normalized spacial score (nSPS) is 14.6. The van der Waals surface area contributed by atoms with E-state index in [9.17, 15) is 14.4 Å². The van der Waals surface area contributed by atoms with Gasteiger partial charge >= 0.3 is 18.0 Å². The highest BCUT2D eigenvalue weighted by Gasteiger charge is 2.31. The van der Waals surface area contributed by atoms with Gasteiger partial charge in [0.25, 0.3) is 0 Å². The number of anilines is 2. The van der Waals surface area contributed by atoms with Gasteiger partial charge in [0.15, 0.2) is 0 Å². The number of nitrogens with zero attached hydrogens (tertiary/aromatic N) is 1. The first-order valence-electron chi connectivity index (χ1n) is 9.70. The van der Waals surface area contributed by atoms with E-state index in [1.165, 1.54) is 24.0 Å². The number of carbonyl (C=O) groups excluding carboxylic acids is 3. The minimum Gasteiger partial charge on any atom is -0.453 e. The Kier molecular flexibility index (Phi) is 5.41. The average Bonchev–Trinajstić information content (AvgIpc) is 2.88. The summed E-state index contributed by atoms with van der Waals surface area (Å²) in [6.45, 7) is 1.26. The summed E-state index contributed by atoms with van der Waals surface area (Å²) in [6.07, 6.45) is -0.335. The third kappa shape index (κ3) is 3.98. The van der Waals surface area contributed by atoms with Crippen LogP contribution in [0, 0.1) is 0 Å². The number of urea groups is 1. The number of carbonyl (C=O) groups is 3. The van der Waals surface area contributed by atoms with Crippen LogP contribution in [-0.2, 0) is 16.0 Å². The van der Waals surface area contributed by atoms with Crippen LogP contribution in [0.25, 0.3) is 0 Å². The van der Waals surface area contributed by atoms with Gasteiger partial charge in [0.2, 0.25) is 0 Å². The van der Waals surface area contributed by atoms with E-state index >= 15 is 0 Å². The second-order valence-electron chi connectivity index (χ2n) is 7.05. The van der Waals surface area contributed by atoms with Crippen LogP contribution < -0.4 is 15.4 Å². The van der Waals surface area contributed by atoms with Gasteiger partial charge in [-0.25, -0.2) is 9.59 Å². The van der Waals surface area contributed by atoms with E-state index < -0.39 is 24.1 Å². The quantitative estimate of drug-likeness (QED) is 0.507. The maximum absolute atomic E-state index is 13.0. The van der Waals surface area contributed by atoms with Crippen molar-refractivity contribution in [1.29, 1.82) is 0 Å². The molecule has 0 aliphatic carbocycles. The highest BCUT2D eigenvalue weighted by Crippen LogP contribution is 2.41. The van der Waals surface area contributed by atoms with Crippen LogP contribution in [0.5, 0.6) is 5.75 Å². The lowest BCUT2D eigenvalue weighted by Crippen LogP contribution is -2.32. The number of esters is 2. The molecule has 0 unspecified atom stereocenters. The Morgan fingerprint density at radius 3 is 2.29 bits per heavy atom. The first-order valence-corrected chi connectivity index (χ1v) is 9.70. The van der Waals surface area contributed by atoms with Crippen molar-refractivity contribution in [3.63, 3.8) is 0 Å². The molecule has 156 valence electrons. The number of primary amides is 1. The molecule has 2 amide bonds. The number of ether oxygens (including phenoxy) is 2. The number of fused-ring (bicyclic) bond motifs is 2. The summed E-state index contributed by atoms with van der Waals surface area (Å²) in [5.41, 5.74) is 8.48. The Bertz CT molecular complexity index is 1170. The van der Waals surface area contributed by atoms with Crippen LogP contribution in [0.15, 0.2) is 72.8 Å². The summed E-state index contributed by atoms with van der Waals surface area (Å²) in [5.74, 6) is -1.05. The second-order valence-corrected chi connectivity index (χ2v) is 7.05. The van der Waals surface area contributed by atoms with Crippen LogP contribution in [0.4, 0.5) is 16.2 Å². The van der Waals surface area contributed by atoms with Gasteiger partial charge in [-0.3, -0.25) is 9.69 Å². The third-order valence-electron chi connectivity index (χ3n) is 4.99. The maximum atomic E-state index is 13.0. The van der Waals surface area contributed by atoms with E-state index in [0.717, 1.165) is 5.56 Å². The number of hydrogen-bond donors (Lipinski definition) is 1. The van der Waals surface area contributed by atoms with Gasteiger partial charge in [-0.2, -0.15) is 0 Å². The lowest BCUT2D eigenvalue weighted by atomic mass is 10.0. The molecule has 1 atom stereocenters. The summed E-state index contributed by atoms with van der Waals surface area (Å²) in [5, 5.41) is 0. The fraction of sp³-hybridized carbons (Fsp3) is 0.125. The first-order chi connectivity index (χ1) is 15.0. The SMILES string of the molecule is CC(=O)Oc1ccccc1C(=O)O[C@H]1Cc2ccccc2N(C(N)=O)c2ccccc21. The molecule has 3 aromatic carbocycles. The predicted molar refractivity (Wildman–Crippen MR) is 114 cm³/mol. The zero-order chi connectivity index (χ0) is 22.0. The summed E-state index contributed by atoms with van der Waals surface area (Å²) < 4.78 is 11.0. The smallest absolute Gasteiger partial charge is 0.342 e. The van der Waals surface area contributed by atoms with E-state index in [2.05, 4.69) is 0 Å². The van der Waals surface area contributed by atoms with Gasteiger partial charge in [-0.15, -0.1) is 0 Å². The minimum atomic E-state index is -0.681. The zero-order valence-corrected chi connectivity index (χ0v) is 16.8. The Morgan fingerprint density at radius 1 is 0.903 bits per heavy atom. The fourth-order valence-electron chi connectivity index (χ4n) is 3.72. The number of para-hydroxylation sites is 3. The van der Waals surface area contributed by atoms with Crippen molar-refractivity contribution in [2.24, 2.45) is 5.73 Å². The molecule has 1 aliphatic heterocycles. The molecule has 0 radical (unpaired) electrons. The van der Waals surface area contributed by atoms with Gasteiger partial charge in [-0.1, -0.05) is 48.5 Å². The monoisotopic (exact) mass is 416 g/mol. The van der Waals surface area contributed by atoms with E-state index in [0.29, 0.717) is 23.4 Å². The summed E-state index contributed by atoms with van der Waals surface area (Å²) in [7, 11) is 0. The van der Waals surface area contributed by atoms with Crippen LogP contribution in [0.2, 0.25) is 0 Å². The number of benzene rings is 3. The Labute approximate surface area is 179 Å². The highest BCUT2D eigenvalue weighted by molar-refractivity contribution is 6.00. The van der Waals surface area contributed by atoms with Gasteiger partial charge < -0.3 is 15.2 Å². The molecular weight excluding hydrogens is 396 g/mol. The molecule has 3 aromatic rings. The highest BCUT2D eigenvalue weighted by atomic mass is 16.6. The number of hydrogen-bond acceptors (Lipinski definition) is 5. The van der Waals surface area contributed by atoms with Gasteiger partial charge in [0, 0.05) is 18.9 Å². The molecule has 0 saturated heterocycles. The Balaban J connectivity index is 1.76. The number of amides is 2. The molecule has 0 aromatic heterocycles. The van der Waals surface area contributed by atoms with Crippen LogP contribution >= 0.6 is 0 Å². The van der Waals surface area contributed by atoms with E-state index in [4.69, 9.17) is 15.2 Å². The van der Waals surface area contributed by atoms with Crippen molar-refractivity contribution in [2.45, 2.75) is 19.4 Å². The van der Waals surface area contributed by atoms with Crippen molar-refractivity contribution in [1.82, 2.24) is 0 Å². The first kappa shape index (κ1) is 20.2. The standard InChI is InChI=1S/C24H20N2O5/c1-15(27)30-21-13-7-4-10-18(21)23(28)31-22-14-16-8-2-5-11-19(16)26(24(25)29)20-12-6-3-9-17(20)22/h2-13,22H,14H2,1H3,(H2,25,29)/t22-/m0/s1. The molecule has 0 spiro atoms. The summed E-state index contributed by atoms with van der Waals surface area (Å²) in [6, 6.07) is 20.3. The molecule has 31 heavy (non-hydrogen) atoms. The molecule has 1 heterocycles. The maximum Gasteiger partial charge on any atom is 0.342 e. The molecule has 0 bridgehead atoms. The lowest BCUT2D eigenvalue weighted by molar-refractivity contribution is -0.131. The molecular formula is C24H20N2O5. The van der Waals surface area contributed by atoms with Crippen molar-refractivity contribution in [3.8, 4) is 5.75 Å². The summed E-state index contributed by atoms with van der Waals surface area (Å²) >= 11 is 0. The van der Waals surface area contributed by atoms with Crippen LogP contribution in [0.1, 0.15) is 34.5 Å². The number of rotatable bonds is 3. The minimum absolute atomic E-state index is 0.126. The van der Waals surface area contributed by atoms with Gasteiger partial charge in [0.1, 0.15) is 17.4 Å². The van der Waals surface area contributed by atoms with Crippen molar-refractivity contribution < 1.29 is 23.9 Å². The van der Waals surface area contributed by atoms with E-state index in [-0.39, 0.29) is 11.3 Å². The van der Waals surface area contributed by atoms with Crippen LogP contribution in [-0.4, -0.2) is 18.0 Å². The lowest BCUT2D eigenvalue weighted by Gasteiger charge is -2.23. The molecule has 2 N–H and O–H groups in total. The largest absolute Gasteiger partial charge is 0.453 e. The topological polar surface area (TPSA) is 98.9 Å². The van der Waals surface area contributed by atoms with Crippen molar-refractivity contribution >= 4 is 29.3 Å². The Hall–Kier alpha value is -4.13. The van der Waals surface area contributed by atoms with E-state index in [1.54, 1.807) is 36.4 Å². The average molecular weight is 416 g/mol. The molecule has 7 nitrogen and oxygen atoms in total. The van der Waals surface area contributed by atoms with E-state index in [1.807, 2.05) is 24.3 Å². The molecule has 0 fully saturated rings. The fourth-order valence-corrected chi connectivity index (χ4v) is 3.72. The Morgan fingerprint density at radius 2 is 1.55 bits per heavy atom. The molecule has 4 rings (SSSR count). The van der Waals surface area contributed by atoms with Crippen molar-refractivity contribution in [2.75, 3.05) is 4.90 Å². The van der Waals surface area contributed by atoms with Gasteiger partial charge in [0.05, 0.1) is 11.4 Å². The molecule has 1 aliphatic rings. The second kappa shape index (κ2) is 8.31. The van der Waals surface area contributed by atoms with Gasteiger partial charge in [-0.05, 0) is 29.8 Å².